The summed E-state index contributed by atoms with van der Waals surface area (Å²) in [6, 6.07) is 15.3. The lowest BCUT2D eigenvalue weighted by Gasteiger charge is -2.21. The van der Waals surface area contributed by atoms with E-state index >= 15 is 0 Å². The lowest BCUT2D eigenvalue weighted by Crippen LogP contribution is -2.42. The highest BCUT2D eigenvalue weighted by atomic mass is 79.9. The molecular weight excluding hydrogens is 377 g/mol. The summed E-state index contributed by atoms with van der Waals surface area (Å²) in [5.74, 6) is -0.888. The lowest BCUT2D eigenvalue weighted by atomic mass is 10.0. The fourth-order valence-corrected chi connectivity index (χ4v) is 2.93. The van der Waals surface area contributed by atoms with Gasteiger partial charge >= 0.3 is 6.09 Å². The van der Waals surface area contributed by atoms with Crippen molar-refractivity contribution in [2.24, 2.45) is 0 Å². The van der Waals surface area contributed by atoms with Gasteiger partial charge in [-0.3, -0.25) is 4.79 Å². The molecule has 1 fully saturated rings. The van der Waals surface area contributed by atoms with Crippen LogP contribution >= 0.6 is 15.9 Å². The largest absolute Gasteiger partial charge is 0.447 e. The van der Waals surface area contributed by atoms with Gasteiger partial charge in [-0.15, -0.1) is 0 Å². The molecule has 0 N–H and O–H groups in total. The number of carbonyl (C=O) groups is 2. The van der Waals surface area contributed by atoms with E-state index < -0.39 is 24.2 Å². The van der Waals surface area contributed by atoms with E-state index in [1.165, 1.54) is 12.1 Å². The number of benzene rings is 2. The Hall–Kier alpha value is -2.21. The summed E-state index contributed by atoms with van der Waals surface area (Å²) in [6.07, 6.45) is -2.26. The molecule has 24 heavy (non-hydrogen) atoms. The minimum absolute atomic E-state index is 0.0759. The predicted octanol–water partition coefficient (Wildman–Crippen LogP) is 4.05. The minimum atomic E-state index is -1.90. The van der Waals surface area contributed by atoms with Gasteiger partial charge in [-0.05, 0) is 29.7 Å². The fraction of sp³-hybridized carbons (Fsp3) is 0.222. The molecule has 4 nitrogen and oxygen atoms in total. The van der Waals surface area contributed by atoms with E-state index in [2.05, 4.69) is 15.9 Å². The number of hydrogen-bond acceptors (Lipinski definition) is 3. The van der Waals surface area contributed by atoms with Crippen LogP contribution in [0.3, 0.4) is 0 Å². The molecule has 124 valence electrons. The number of hydrogen-bond donors (Lipinski definition) is 0. The SMILES string of the molecule is O=C1OC[C@@H](Cc2ccccc2)N1C(=O)[C@H](F)c1ccc(Br)cc1. The van der Waals surface area contributed by atoms with E-state index in [4.69, 9.17) is 4.74 Å². The third-order valence-corrected chi connectivity index (χ3v) is 4.42. The second-order valence-electron chi connectivity index (χ2n) is 5.54. The molecule has 3 rings (SSSR count). The highest BCUT2D eigenvalue weighted by molar-refractivity contribution is 9.10. The molecule has 1 aliphatic heterocycles. The van der Waals surface area contributed by atoms with Crippen molar-refractivity contribution >= 4 is 27.9 Å². The number of cyclic esters (lactones) is 1. The van der Waals surface area contributed by atoms with Gasteiger partial charge in [-0.1, -0.05) is 58.4 Å². The molecule has 0 radical (unpaired) electrons. The second-order valence-corrected chi connectivity index (χ2v) is 6.46. The maximum atomic E-state index is 14.6. The van der Waals surface area contributed by atoms with Crippen molar-refractivity contribution in [2.75, 3.05) is 6.61 Å². The van der Waals surface area contributed by atoms with Gasteiger partial charge < -0.3 is 4.74 Å². The van der Waals surface area contributed by atoms with Crippen LogP contribution in [0.1, 0.15) is 17.3 Å². The van der Waals surface area contributed by atoms with Gasteiger partial charge in [0.1, 0.15) is 6.61 Å². The molecule has 0 aliphatic carbocycles. The maximum absolute atomic E-state index is 14.6. The lowest BCUT2D eigenvalue weighted by molar-refractivity contribution is -0.134. The Bertz CT molecular complexity index is 736. The standard InChI is InChI=1S/C18H15BrFNO3/c19-14-8-6-13(7-9-14)16(20)17(22)21-15(11-24-18(21)23)10-12-4-2-1-3-5-12/h1-9,15-16H,10-11H2/t15-,16-/m1/s1. The number of halogens is 2. The van der Waals surface area contributed by atoms with Crippen molar-refractivity contribution in [3.8, 4) is 0 Å². The minimum Gasteiger partial charge on any atom is -0.447 e. The maximum Gasteiger partial charge on any atom is 0.417 e. The summed E-state index contributed by atoms with van der Waals surface area (Å²) in [6.45, 7) is 0.0759. The molecule has 1 heterocycles. The van der Waals surface area contributed by atoms with E-state index in [1.54, 1.807) is 12.1 Å². The van der Waals surface area contributed by atoms with Crippen LogP contribution in [0.25, 0.3) is 0 Å². The number of imide groups is 1. The van der Waals surface area contributed by atoms with Crippen LogP contribution in [-0.2, 0) is 16.0 Å². The highest BCUT2D eigenvalue weighted by Gasteiger charge is 2.41. The molecule has 0 spiro atoms. The summed E-state index contributed by atoms with van der Waals surface area (Å²) in [5, 5.41) is 0. The van der Waals surface area contributed by atoms with Gasteiger partial charge in [0.2, 0.25) is 6.17 Å². The first-order chi connectivity index (χ1) is 11.6. The molecule has 1 aliphatic rings. The topological polar surface area (TPSA) is 46.6 Å². The van der Waals surface area contributed by atoms with Gasteiger partial charge in [0.05, 0.1) is 6.04 Å². The summed E-state index contributed by atoms with van der Waals surface area (Å²) in [7, 11) is 0. The third-order valence-electron chi connectivity index (χ3n) is 3.89. The summed E-state index contributed by atoms with van der Waals surface area (Å²) >= 11 is 3.26. The molecule has 0 aromatic heterocycles. The summed E-state index contributed by atoms with van der Waals surface area (Å²) in [4.78, 5) is 25.3. The van der Waals surface area contributed by atoms with Gasteiger partial charge in [-0.25, -0.2) is 14.1 Å². The Morgan fingerprint density at radius 3 is 2.54 bits per heavy atom. The van der Waals surface area contributed by atoms with E-state index in [9.17, 15) is 14.0 Å². The van der Waals surface area contributed by atoms with Crippen LogP contribution in [0.15, 0.2) is 59.1 Å². The molecule has 2 aromatic carbocycles. The van der Waals surface area contributed by atoms with Crippen LogP contribution in [0.4, 0.5) is 9.18 Å². The van der Waals surface area contributed by atoms with Gasteiger partial charge in [0.25, 0.3) is 5.91 Å². The monoisotopic (exact) mass is 391 g/mol. The van der Waals surface area contributed by atoms with Crippen molar-refractivity contribution in [3.63, 3.8) is 0 Å². The van der Waals surface area contributed by atoms with Gasteiger partial charge in [0.15, 0.2) is 0 Å². The smallest absolute Gasteiger partial charge is 0.417 e. The molecular formula is C18H15BrFNO3. The van der Waals surface area contributed by atoms with Gasteiger partial charge in [-0.2, -0.15) is 0 Å². The zero-order chi connectivity index (χ0) is 17.1. The van der Waals surface area contributed by atoms with Crippen LogP contribution in [-0.4, -0.2) is 29.5 Å². The number of ether oxygens (including phenoxy) is 1. The first-order valence-electron chi connectivity index (χ1n) is 7.49. The Labute approximate surface area is 147 Å². The number of carbonyl (C=O) groups excluding carboxylic acids is 2. The fourth-order valence-electron chi connectivity index (χ4n) is 2.66. The number of amides is 2. The highest BCUT2D eigenvalue weighted by Crippen LogP contribution is 2.26. The van der Waals surface area contributed by atoms with Crippen LogP contribution in [0, 0.1) is 0 Å². The molecule has 0 saturated carbocycles. The van der Waals surface area contributed by atoms with E-state index in [0.29, 0.717) is 6.42 Å². The predicted molar refractivity (Wildman–Crippen MR) is 90.1 cm³/mol. The third kappa shape index (κ3) is 3.48. The number of nitrogens with zero attached hydrogens (tertiary/aromatic N) is 1. The Morgan fingerprint density at radius 2 is 1.88 bits per heavy atom. The van der Waals surface area contributed by atoms with Crippen molar-refractivity contribution in [2.45, 2.75) is 18.6 Å². The van der Waals surface area contributed by atoms with Crippen LogP contribution in [0.2, 0.25) is 0 Å². The average Bonchev–Trinajstić information content (AvgIpc) is 2.95. The first kappa shape index (κ1) is 16.6. The summed E-state index contributed by atoms with van der Waals surface area (Å²) in [5.41, 5.74) is 1.17. The Balaban J connectivity index is 1.78. The zero-order valence-corrected chi connectivity index (χ0v) is 14.3. The number of alkyl halides is 1. The average molecular weight is 392 g/mol. The molecule has 6 heteroatoms. The normalized spacial score (nSPS) is 18.3. The van der Waals surface area contributed by atoms with Crippen LogP contribution < -0.4 is 0 Å². The molecule has 2 atom stereocenters. The van der Waals surface area contributed by atoms with E-state index in [-0.39, 0.29) is 12.2 Å². The number of rotatable bonds is 4. The van der Waals surface area contributed by atoms with Crippen LogP contribution in [0.5, 0.6) is 0 Å². The second kappa shape index (κ2) is 7.13. The van der Waals surface area contributed by atoms with E-state index in [0.717, 1.165) is 14.9 Å². The first-order valence-corrected chi connectivity index (χ1v) is 8.29. The zero-order valence-electron chi connectivity index (χ0n) is 12.7. The molecule has 2 aromatic rings. The Morgan fingerprint density at radius 1 is 1.21 bits per heavy atom. The van der Waals surface area contributed by atoms with E-state index in [1.807, 2.05) is 30.3 Å². The van der Waals surface area contributed by atoms with Crippen molar-refractivity contribution < 1.29 is 18.7 Å². The molecule has 2 amide bonds. The van der Waals surface area contributed by atoms with Crippen molar-refractivity contribution in [3.05, 3.63) is 70.2 Å². The molecule has 0 unspecified atom stereocenters. The molecule has 1 saturated heterocycles. The quantitative estimate of drug-likeness (QED) is 0.789. The summed E-state index contributed by atoms with van der Waals surface area (Å²) < 4.78 is 20.3. The van der Waals surface area contributed by atoms with Crippen molar-refractivity contribution in [1.29, 1.82) is 0 Å². The van der Waals surface area contributed by atoms with Crippen molar-refractivity contribution in [1.82, 2.24) is 4.90 Å². The Kier molecular flexibility index (Phi) is 4.94. The van der Waals surface area contributed by atoms with Gasteiger partial charge in [0, 0.05) is 4.47 Å². The molecule has 0 bridgehead atoms.